The summed E-state index contributed by atoms with van der Waals surface area (Å²) in [6, 6.07) is 0. The Morgan fingerprint density at radius 1 is 1.29 bits per heavy atom. The van der Waals surface area contributed by atoms with E-state index < -0.39 is 0 Å². The molecule has 14 heavy (non-hydrogen) atoms. The third kappa shape index (κ3) is 2.28. The van der Waals surface area contributed by atoms with E-state index in [4.69, 9.17) is 4.74 Å². The Hall–Kier alpha value is -0.530. The summed E-state index contributed by atoms with van der Waals surface area (Å²) in [5, 5.41) is 0. The molecule has 1 saturated heterocycles. The molecule has 0 atom stereocenters. The van der Waals surface area contributed by atoms with Gasteiger partial charge >= 0.3 is 5.97 Å². The summed E-state index contributed by atoms with van der Waals surface area (Å²) in [7, 11) is 0. The summed E-state index contributed by atoms with van der Waals surface area (Å²) in [6.45, 7) is 3.01. The van der Waals surface area contributed by atoms with Gasteiger partial charge in [-0.3, -0.25) is 4.79 Å². The molecule has 82 valence electrons. The van der Waals surface area contributed by atoms with Gasteiger partial charge in [-0.1, -0.05) is 27.2 Å². The number of hydrogen-bond donors (Lipinski definition) is 0. The minimum absolute atomic E-state index is 0. The van der Waals surface area contributed by atoms with Gasteiger partial charge in [0.2, 0.25) is 0 Å². The molecule has 1 heterocycles. The second kappa shape index (κ2) is 4.33. The van der Waals surface area contributed by atoms with Crippen LogP contribution in [0.1, 0.15) is 52.9 Å². The van der Waals surface area contributed by atoms with Crippen molar-refractivity contribution in [3.05, 3.63) is 0 Å². The highest BCUT2D eigenvalue weighted by molar-refractivity contribution is 5.70. The summed E-state index contributed by atoms with van der Waals surface area (Å²) >= 11 is 0. The summed E-state index contributed by atoms with van der Waals surface area (Å²) in [4.78, 5) is 10.9. The maximum atomic E-state index is 10.9. The number of hydrogen-bond acceptors (Lipinski definition) is 2. The fraction of sp³-hybridized carbons (Fsp3) is 0.917. The zero-order chi connectivity index (χ0) is 9.31. The lowest BCUT2D eigenvalue weighted by molar-refractivity contribution is -0.156. The van der Waals surface area contributed by atoms with Gasteiger partial charge in [0, 0.05) is 11.8 Å². The Morgan fingerprint density at radius 2 is 1.93 bits per heavy atom. The number of carbonyl (C=O) groups excluding carboxylic acids is 1. The molecule has 1 aliphatic heterocycles. The first kappa shape index (κ1) is 11.5. The molecule has 2 fully saturated rings. The van der Waals surface area contributed by atoms with Crippen LogP contribution in [-0.2, 0) is 9.53 Å². The Kier molecular flexibility index (Phi) is 3.57. The van der Waals surface area contributed by atoms with Gasteiger partial charge in [-0.15, -0.1) is 0 Å². The van der Waals surface area contributed by atoms with E-state index in [9.17, 15) is 4.79 Å². The van der Waals surface area contributed by atoms with Gasteiger partial charge in [-0.05, 0) is 25.2 Å². The normalized spacial score (nSPS) is 37.5. The van der Waals surface area contributed by atoms with Crippen LogP contribution in [0.5, 0.6) is 0 Å². The molecular weight excluding hydrogens is 176 g/mol. The zero-order valence-corrected chi connectivity index (χ0v) is 8.34. The van der Waals surface area contributed by atoms with Gasteiger partial charge in [0.15, 0.2) is 0 Å². The van der Waals surface area contributed by atoms with Gasteiger partial charge in [0.25, 0.3) is 0 Å². The number of rotatable bonds is 0. The van der Waals surface area contributed by atoms with Crippen LogP contribution in [-0.4, -0.2) is 12.6 Å². The van der Waals surface area contributed by atoms with Crippen LogP contribution < -0.4 is 0 Å². The van der Waals surface area contributed by atoms with Crippen molar-refractivity contribution in [1.29, 1.82) is 0 Å². The molecule has 0 bridgehead atoms. The average Bonchev–Trinajstić information content (AvgIpc) is 2.16. The SMILES string of the molecule is C.CC1CCC2(CCC(=O)OC2)CC1. The molecule has 0 amide bonds. The fourth-order valence-electron chi connectivity index (χ4n) is 2.51. The van der Waals surface area contributed by atoms with Crippen molar-refractivity contribution in [1.82, 2.24) is 0 Å². The van der Waals surface area contributed by atoms with E-state index >= 15 is 0 Å². The van der Waals surface area contributed by atoms with E-state index in [1.165, 1.54) is 25.7 Å². The number of ether oxygens (including phenoxy) is 1. The second-order valence-corrected chi connectivity index (χ2v) is 4.84. The molecule has 1 spiro atoms. The zero-order valence-electron chi connectivity index (χ0n) is 8.34. The van der Waals surface area contributed by atoms with Crippen molar-refractivity contribution in [3.63, 3.8) is 0 Å². The molecule has 0 radical (unpaired) electrons. The molecule has 0 aromatic rings. The average molecular weight is 198 g/mol. The Labute approximate surface area is 87.0 Å². The van der Waals surface area contributed by atoms with Crippen LogP contribution in [0.4, 0.5) is 0 Å². The summed E-state index contributed by atoms with van der Waals surface area (Å²) in [5.41, 5.74) is 0.375. The van der Waals surface area contributed by atoms with Crippen molar-refractivity contribution in [2.24, 2.45) is 11.3 Å². The van der Waals surface area contributed by atoms with Crippen LogP contribution in [0.15, 0.2) is 0 Å². The predicted molar refractivity (Wildman–Crippen MR) is 57.0 cm³/mol. The van der Waals surface area contributed by atoms with E-state index in [1.807, 2.05) is 0 Å². The maximum Gasteiger partial charge on any atom is 0.305 e. The molecule has 0 unspecified atom stereocenters. The highest BCUT2D eigenvalue weighted by Crippen LogP contribution is 2.44. The highest BCUT2D eigenvalue weighted by atomic mass is 16.5. The van der Waals surface area contributed by atoms with E-state index in [0.717, 1.165) is 12.3 Å². The summed E-state index contributed by atoms with van der Waals surface area (Å²) in [5.74, 6) is 0.882. The van der Waals surface area contributed by atoms with Gasteiger partial charge < -0.3 is 4.74 Å². The first-order chi connectivity index (χ1) is 6.20. The highest BCUT2D eigenvalue weighted by Gasteiger charge is 2.38. The number of cyclic esters (lactones) is 1. The van der Waals surface area contributed by atoms with Crippen molar-refractivity contribution in [3.8, 4) is 0 Å². The first-order valence-corrected chi connectivity index (χ1v) is 5.36. The number of esters is 1. The van der Waals surface area contributed by atoms with Gasteiger partial charge in [-0.2, -0.15) is 0 Å². The molecule has 0 aromatic heterocycles. The van der Waals surface area contributed by atoms with Crippen LogP contribution in [0, 0.1) is 11.3 Å². The molecule has 2 aliphatic rings. The minimum Gasteiger partial charge on any atom is -0.465 e. The molecule has 1 saturated carbocycles. The fourth-order valence-corrected chi connectivity index (χ4v) is 2.51. The predicted octanol–water partition coefficient (Wildman–Crippen LogP) is 3.16. The van der Waals surface area contributed by atoms with E-state index in [1.54, 1.807) is 0 Å². The summed E-state index contributed by atoms with van der Waals surface area (Å²) < 4.78 is 5.17. The minimum atomic E-state index is 0. The monoisotopic (exact) mass is 198 g/mol. The lowest BCUT2D eigenvalue weighted by atomic mass is 9.68. The molecule has 1 aliphatic carbocycles. The third-order valence-corrected chi connectivity index (χ3v) is 3.73. The van der Waals surface area contributed by atoms with Gasteiger partial charge in [-0.25, -0.2) is 0 Å². The first-order valence-electron chi connectivity index (χ1n) is 5.36. The van der Waals surface area contributed by atoms with Crippen molar-refractivity contribution < 1.29 is 9.53 Å². The van der Waals surface area contributed by atoms with Crippen molar-refractivity contribution in [2.45, 2.75) is 52.9 Å². The Bertz CT molecular complexity index is 190. The quantitative estimate of drug-likeness (QED) is 0.559. The van der Waals surface area contributed by atoms with Gasteiger partial charge in [0.05, 0.1) is 6.61 Å². The van der Waals surface area contributed by atoms with Crippen LogP contribution >= 0.6 is 0 Å². The lowest BCUT2D eigenvalue weighted by Gasteiger charge is -2.41. The van der Waals surface area contributed by atoms with E-state index in [2.05, 4.69) is 6.92 Å². The molecule has 0 N–H and O–H groups in total. The Balaban J connectivity index is 0.000000980. The third-order valence-electron chi connectivity index (χ3n) is 3.73. The second-order valence-electron chi connectivity index (χ2n) is 4.84. The van der Waals surface area contributed by atoms with Crippen LogP contribution in [0.2, 0.25) is 0 Å². The van der Waals surface area contributed by atoms with Gasteiger partial charge in [0.1, 0.15) is 0 Å². The van der Waals surface area contributed by atoms with Crippen LogP contribution in [0.25, 0.3) is 0 Å². The Morgan fingerprint density at radius 3 is 2.43 bits per heavy atom. The maximum absolute atomic E-state index is 10.9. The number of carbonyl (C=O) groups is 1. The standard InChI is InChI=1S/C11H18O2.CH4/c1-9-2-5-11(6-3-9)7-4-10(12)13-8-11;/h9H,2-8H2,1H3;1H4. The van der Waals surface area contributed by atoms with Crippen molar-refractivity contribution in [2.75, 3.05) is 6.61 Å². The van der Waals surface area contributed by atoms with E-state index in [-0.39, 0.29) is 13.4 Å². The smallest absolute Gasteiger partial charge is 0.305 e. The molecule has 2 nitrogen and oxygen atoms in total. The molecular formula is C12H22O2. The van der Waals surface area contributed by atoms with E-state index in [0.29, 0.717) is 18.4 Å². The molecule has 2 rings (SSSR count). The van der Waals surface area contributed by atoms with Crippen LogP contribution in [0.3, 0.4) is 0 Å². The molecule has 0 aromatic carbocycles. The summed E-state index contributed by atoms with van der Waals surface area (Å²) in [6.07, 6.45) is 6.88. The topological polar surface area (TPSA) is 26.3 Å². The largest absolute Gasteiger partial charge is 0.465 e. The lowest BCUT2D eigenvalue weighted by Crippen LogP contribution is -2.37. The van der Waals surface area contributed by atoms with Crippen molar-refractivity contribution >= 4 is 5.97 Å². The molecule has 2 heteroatoms.